The first-order valence-corrected chi connectivity index (χ1v) is 7.09. The Hall–Kier alpha value is -3.67. The summed E-state index contributed by atoms with van der Waals surface area (Å²) in [5, 5.41) is 17.5. The number of nitrogens with two attached hydrogens (primary N) is 2. The molecule has 1 aromatic rings. The van der Waals surface area contributed by atoms with E-state index in [-0.39, 0.29) is 11.5 Å². The van der Waals surface area contributed by atoms with Crippen LogP contribution in [0.2, 0.25) is 0 Å². The van der Waals surface area contributed by atoms with Gasteiger partial charge in [0.15, 0.2) is 5.96 Å². The van der Waals surface area contributed by atoms with E-state index in [9.17, 15) is 19.2 Å². The van der Waals surface area contributed by atoms with Crippen molar-refractivity contribution in [3.8, 4) is 0 Å². The summed E-state index contributed by atoms with van der Waals surface area (Å²) in [6.45, 7) is 0. The Labute approximate surface area is 147 Å². The van der Waals surface area contributed by atoms with Gasteiger partial charge in [-0.15, -0.1) is 0 Å². The van der Waals surface area contributed by atoms with Crippen molar-refractivity contribution >= 4 is 35.5 Å². The summed E-state index contributed by atoms with van der Waals surface area (Å²) in [4.78, 5) is 50.1. The van der Waals surface area contributed by atoms with Crippen LogP contribution in [0.15, 0.2) is 29.3 Å². The zero-order chi connectivity index (χ0) is 19.9. The third-order valence-corrected chi connectivity index (χ3v) is 3.01. The number of carboxylic acids is 2. The number of carboxylic acid groups (broad SMARTS) is 2. The van der Waals surface area contributed by atoms with Gasteiger partial charge >= 0.3 is 18.0 Å². The second kappa shape index (κ2) is 8.98. The number of carbonyl (C=O) groups is 4. The Balaban J connectivity index is 2.72. The predicted octanol–water partition coefficient (Wildman–Crippen LogP) is -1.19. The van der Waals surface area contributed by atoms with Crippen molar-refractivity contribution in [3.63, 3.8) is 0 Å². The standard InChI is InChI=1S/C14H18N6O6/c1-20(14(26)19-18-9(12(24)25)6-10(21)22)11(23)7-2-4-8(5-3-7)17-13(15)16/h2-5,9,18H,6H2,1H3,(H,19,26)(H,21,22)(H,24,25)(H4,15,16,17)/t9-/m0/s1. The van der Waals surface area contributed by atoms with Crippen molar-refractivity contribution in [1.82, 2.24) is 15.8 Å². The lowest BCUT2D eigenvalue weighted by atomic mass is 10.2. The maximum absolute atomic E-state index is 12.2. The van der Waals surface area contributed by atoms with Gasteiger partial charge in [0.25, 0.3) is 5.91 Å². The third kappa shape index (κ3) is 6.09. The predicted molar refractivity (Wildman–Crippen MR) is 89.3 cm³/mol. The number of hydrogen-bond donors (Lipinski definition) is 6. The fraction of sp³-hybridized carbons (Fsp3) is 0.214. The summed E-state index contributed by atoms with van der Waals surface area (Å²) in [6.07, 6.45) is -0.764. The van der Waals surface area contributed by atoms with E-state index in [1.165, 1.54) is 24.3 Å². The molecule has 12 nitrogen and oxygen atoms in total. The highest BCUT2D eigenvalue weighted by atomic mass is 16.4. The Morgan fingerprint density at radius 2 is 1.73 bits per heavy atom. The molecule has 0 radical (unpaired) electrons. The van der Waals surface area contributed by atoms with Gasteiger partial charge in [-0.25, -0.2) is 15.2 Å². The van der Waals surface area contributed by atoms with Gasteiger partial charge in [0.2, 0.25) is 0 Å². The van der Waals surface area contributed by atoms with Gasteiger partial charge in [0.05, 0.1) is 12.1 Å². The molecule has 12 heteroatoms. The van der Waals surface area contributed by atoms with Gasteiger partial charge in [0.1, 0.15) is 6.04 Å². The summed E-state index contributed by atoms with van der Waals surface area (Å²) in [5.74, 6) is -3.69. The van der Waals surface area contributed by atoms with Crippen LogP contribution in [0.1, 0.15) is 16.8 Å². The van der Waals surface area contributed by atoms with Gasteiger partial charge in [-0.05, 0) is 24.3 Å². The molecule has 0 aliphatic rings. The van der Waals surface area contributed by atoms with Crippen molar-refractivity contribution < 1.29 is 29.4 Å². The molecule has 0 heterocycles. The lowest BCUT2D eigenvalue weighted by molar-refractivity contribution is -0.146. The molecule has 3 amide bonds. The van der Waals surface area contributed by atoms with Crippen LogP contribution in [0.3, 0.4) is 0 Å². The molecule has 0 fully saturated rings. The Kier molecular flexibility index (Phi) is 7.04. The van der Waals surface area contributed by atoms with E-state index in [0.29, 0.717) is 10.6 Å². The summed E-state index contributed by atoms with van der Waals surface area (Å²) < 4.78 is 0. The first-order chi connectivity index (χ1) is 12.1. The number of benzene rings is 1. The number of hydrogen-bond acceptors (Lipinski definition) is 6. The van der Waals surface area contributed by atoms with Gasteiger partial charge < -0.3 is 21.7 Å². The Morgan fingerprint density at radius 3 is 2.19 bits per heavy atom. The first kappa shape index (κ1) is 20.4. The van der Waals surface area contributed by atoms with Gasteiger partial charge in [-0.3, -0.25) is 24.7 Å². The molecule has 1 aromatic carbocycles. The van der Waals surface area contributed by atoms with E-state index in [1.807, 2.05) is 10.9 Å². The van der Waals surface area contributed by atoms with Crippen LogP contribution in [0.5, 0.6) is 0 Å². The number of guanidine groups is 1. The lowest BCUT2D eigenvalue weighted by Gasteiger charge is -2.19. The Morgan fingerprint density at radius 1 is 1.15 bits per heavy atom. The molecule has 26 heavy (non-hydrogen) atoms. The van der Waals surface area contributed by atoms with Gasteiger partial charge in [-0.2, -0.15) is 0 Å². The van der Waals surface area contributed by atoms with Crippen molar-refractivity contribution in [2.75, 3.05) is 7.05 Å². The highest BCUT2D eigenvalue weighted by Gasteiger charge is 2.24. The van der Waals surface area contributed by atoms with Crippen molar-refractivity contribution in [3.05, 3.63) is 29.8 Å². The van der Waals surface area contributed by atoms with Crippen LogP contribution in [0.4, 0.5) is 10.5 Å². The van der Waals surface area contributed by atoms with E-state index in [0.717, 1.165) is 7.05 Å². The fourth-order valence-electron chi connectivity index (χ4n) is 1.72. The van der Waals surface area contributed by atoms with Crippen LogP contribution in [-0.2, 0) is 9.59 Å². The molecule has 0 saturated carbocycles. The molecule has 8 N–H and O–H groups in total. The number of imide groups is 1. The molecular formula is C14H18N6O6. The van der Waals surface area contributed by atoms with E-state index < -0.39 is 36.3 Å². The SMILES string of the molecule is CN(C(=O)NN[C@@H](CC(=O)O)C(=O)O)C(=O)c1ccc(N=C(N)N)cc1. The molecule has 0 bridgehead atoms. The second-order valence-electron chi connectivity index (χ2n) is 5.01. The number of rotatable bonds is 7. The third-order valence-electron chi connectivity index (χ3n) is 3.01. The normalized spacial score (nSPS) is 11.1. The van der Waals surface area contributed by atoms with Crippen molar-refractivity contribution in [2.24, 2.45) is 16.5 Å². The zero-order valence-corrected chi connectivity index (χ0v) is 13.7. The fourth-order valence-corrected chi connectivity index (χ4v) is 1.72. The quantitative estimate of drug-likeness (QED) is 0.195. The topological polar surface area (TPSA) is 200 Å². The van der Waals surface area contributed by atoms with E-state index >= 15 is 0 Å². The molecule has 140 valence electrons. The van der Waals surface area contributed by atoms with E-state index in [4.69, 9.17) is 21.7 Å². The number of hydrazine groups is 1. The molecular weight excluding hydrogens is 348 g/mol. The second-order valence-corrected chi connectivity index (χ2v) is 5.01. The maximum Gasteiger partial charge on any atom is 0.338 e. The number of aliphatic imine (C=N–C) groups is 1. The molecule has 1 atom stereocenters. The van der Waals surface area contributed by atoms with Crippen LogP contribution in [0, 0.1) is 0 Å². The highest BCUT2D eigenvalue weighted by Crippen LogP contribution is 2.13. The molecule has 0 aliphatic carbocycles. The van der Waals surface area contributed by atoms with Gasteiger partial charge in [0, 0.05) is 12.6 Å². The lowest BCUT2D eigenvalue weighted by Crippen LogP contribution is -2.53. The van der Waals surface area contributed by atoms with Crippen LogP contribution < -0.4 is 22.3 Å². The van der Waals surface area contributed by atoms with Gasteiger partial charge in [-0.1, -0.05) is 0 Å². The molecule has 0 spiro atoms. The highest BCUT2D eigenvalue weighted by molar-refractivity contribution is 6.04. The number of nitrogens with zero attached hydrogens (tertiary/aromatic N) is 2. The van der Waals surface area contributed by atoms with E-state index in [2.05, 4.69) is 4.99 Å². The minimum absolute atomic E-state index is 0.150. The summed E-state index contributed by atoms with van der Waals surface area (Å²) in [7, 11) is 1.16. The monoisotopic (exact) mass is 366 g/mol. The minimum atomic E-state index is -1.56. The van der Waals surface area contributed by atoms with Crippen LogP contribution in [-0.4, -0.2) is 58.0 Å². The molecule has 0 saturated heterocycles. The maximum atomic E-state index is 12.2. The summed E-state index contributed by atoms with van der Waals surface area (Å²) >= 11 is 0. The smallest absolute Gasteiger partial charge is 0.338 e. The average Bonchev–Trinajstić information content (AvgIpc) is 2.56. The van der Waals surface area contributed by atoms with Crippen LogP contribution in [0.25, 0.3) is 0 Å². The largest absolute Gasteiger partial charge is 0.481 e. The molecule has 0 aliphatic heterocycles. The summed E-state index contributed by atoms with van der Waals surface area (Å²) in [5.41, 5.74) is 15.1. The Bertz CT molecular complexity index is 728. The number of nitrogens with one attached hydrogen (secondary N) is 2. The minimum Gasteiger partial charge on any atom is -0.481 e. The number of aliphatic carboxylic acids is 2. The number of urea groups is 1. The molecule has 0 aromatic heterocycles. The van der Waals surface area contributed by atoms with Crippen LogP contribution >= 0.6 is 0 Å². The molecule has 0 unspecified atom stereocenters. The summed E-state index contributed by atoms with van der Waals surface area (Å²) in [6, 6.07) is 3.19. The number of carbonyl (C=O) groups excluding carboxylic acids is 2. The molecule has 1 rings (SSSR count). The average molecular weight is 366 g/mol. The van der Waals surface area contributed by atoms with Crippen molar-refractivity contribution in [1.29, 1.82) is 0 Å². The number of amides is 3. The van der Waals surface area contributed by atoms with E-state index in [1.54, 1.807) is 0 Å². The zero-order valence-electron chi connectivity index (χ0n) is 13.7. The van der Waals surface area contributed by atoms with Crippen molar-refractivity contribution in [2.45, 2.75) is 12.5 Å². The first-order valence-electron chi connectivity index (χ1n) is 7.09.